The fourth-order valence-electron chi connectivity index (χ4n) is 3.64. The van der Waals surface area contributed by atoms with Crippen molar-refractivity contribution in [3.8, 4) is 11.5 Å². The van der Waals surface area contributed by atoms with Crippen LogP contribution >= 0.6 is 34.8 Å². The summed E-state index contributed by atoms with van der Waals surface area (Å²) in [6.07, 6.45) is 3.51. The number of ether oxygens (including phenoxy) is 2. The molecule has 31 heavy (non-hydrogen) atoms. The Bertz CT molecular complexity index is 1160. The van der Waals surface area contributed by atoms with Gasteiger partial charge in [0, 0.05) is 21.7 Å². The van der Waals surface area contributed by atoms with E-state index < -0.39 is 0 Å². The predicted octanol–water partition coefficient (Wildman–Crippen LogP) is 7.45. The number of halogens is 3. The van der Waals surface area contributed by atoms with Crippen molar-refractivity contribution in [2.45, 2.75) is 19.4 Å². The number of allylic oxidation sites excluding steroid dienone is 1. The minimum absolute atomic E-state index is 0.0836. The molecular weight excluding hydrogens is 455 g/mol. The summed E-state index contributed by atoms with van der Waals surface area (Å²) in [5, 5.41) is 1.13. The molecule has 3 aromatic carbocycles. The fraction of sp³-hybridized carbons (Fsp3) is 0.160. The minimum atomic E-state index is 0.0836. The molecule has 6 heteroatoms. The van der Waals surface area contributed by atoms with Crippen LogP contribution in [0.15, 0.2) is 60.2 Å². The van der Waals surface area contributed by atoms with E-state index in [9.17, 15) is 4.79 Å². The van der Waals surface area contributed by atoms with Gasteiger partial charge in [0.1, 0.15) is 12.4 Å². The van der Waals surface area contributed by atoms with Gasteiger partial charge in [-0.25, -0.2) is 0 Å². The first kappa shape index (κ1) is 21.8. The van der Waals surface area contributed by atoms with Gasteiger partial charge in [-0.15, -0.1) is 0 Å². The molecule has 0 saturated carbocycles. The summed E-state index contributed by atoms with van der Waals surface area (Å²) in [4.78, 5) is 12.8. The molecule has 0 aromatic heterocycles. The highest BCUT2D eigenvalue weighted by Crippen LogP contribution is 2.37. The number of carbonyl (C=O) groups excluding carboxylic acids is 1. The molecule has 0 unspecified atom stereocenters. The van der Waals surface area contributed by atoms with Crippen LogP contribution in [0.3, 0.4) is 0 Å². The van der Waals surface area contributed by atoms with Crippen LogP contribution in [0.2, 0.25) is 15.1 Å². The maximum Gasteiger partial charge on any atom is 0.189 e. The standard InChI is InChI=1S/C25H19Cl3O3/c1-30-23-11-15(10-17-9-8-16-4-2-3-5-20(16)24(17)29)6-7-18(23)14-31-25-21(27)12-19(26)13-22(25)28/h2-7,10-13H,8-9,14H2,1H3/b17-10-. The molecule has 0 aliphatic heterocycles. The van der Waals surface area contributed by atoms with Gasteiger partial charge < -0.3 is 9.47 Å². The Morgan fingerprint density at radius 1 is 0.968 bits per heavy atom. The normalized spacial score (nSPS) is 14.5. The molecule has 0 fully saturated rings. The molecule has 0 atom stereocenters. The van der Waals surface area contributed by atoms with Gasteiger partial charge in [0.15, 0.2) is 11.5 Å². The summed E-state index contributed by atoms with van der Waals surface area (Å²) >= 11 is 18.3. The van der Waals surface area contributed by atoms with Crippen molar-refractivity contribution in [2.75, 3.05) is 7.11 Å². The number of hydrogen-bond acceptors (Lipinski definition) is 3. The average molecular weight is 474 g/mol. The van der Waals surface area contributed by atoms with Crippen LogP contribution in [0, 0.1) is 0 Å². The Hall–Kier alpha value is -2.46. The third-order valence-electron chi connectivity index (χ3n) is 5.20. The van der Waals surface area contributed by atoms with Crippen molar-refractivity contribution in [2.24, 2.45) is 0 Å². The third-order valence-corrected chi connectivity index (χ3v) is 5.98. The van der Waals surface area contributed by atoms with Crippen LogP contribution in [-0.2, 0) is 13.0 Å². The van der Waals surface area contributed by atoms with Gasteiger partial charge in [-0.3, -0.25) is 4.79 Å². The lowest BCUT2D eigenvalue weighted by atomic mass is 9.86. The summed E-state index contributed by atoms with van der Waals surface area (Å²) < 4.78 is 11.4. The largest absolute Gasteiger partial charge is 0.496 e. The van der Waals surface area contributed by atoms with E-state index in [1.807, 2.05) is 48.5 Å². The molecule has 0 N–H and O–H groups in total. The highest BCUT2D eigenvalue weighted by atomic mass is 35.5. The van der Waals surface area contributed by atoms with E-state index in [-0.39, 0.29) is 12.4 Å². The topological polar surface area (TPSA) is 35.5 Å². The van der Waals surface area contributed by atoms with Crippen molar-refractivity contribution in [1.29, 1.82) is 0 Å². The maximum atomic E-state index is 12.8. The molecule has 0 bridgehead atoms. The number of benzene rings is 3. The van der Waals surface area contributed by atoms with Crippen LogP contribution in [0.5, 0.6) is 11.5 Å². The van der Waals surface area contributed by atoms with Gasteiger partial charge in [-0.05, 0) is 48.2 Å². The maximum absolute atomic E-state index is 12.8. The third kappa shape index (κ3) is 4.74. The zero-order valence-corrected chi connectivity index (χ0v) is 19.0. The van der Waals surface area contributed by atoms with E-state index in [1.54, 1.807) is 19.2 Å². The van der Waals surface area contributed by atoms with Gasteiger partial charge in [-0.2, -0.15) is 0 Å². The Morgan fingerprint density at radius 2 is 1.71 bits per heavy atom. The number of hydrogen-bond donors (Lipinski definition) is 0. The molecule has 0 heterocycles. The van der Waals surface area contributed by atoms with Gasteiger partial charge >= 0.3 is 0 Å². The molecule has 0 amide bonds. The van der Waals surface area contributed by atoms with Crippen LogP contribution in [0.25, 0.3) is 6.08 Å². The van der Waals surface area contributed by atoms with E-state index in [1.165, 1.54) is 0 Å². The van der Waals surface area contributed by atoms with E-state index >= 15 is 0 Å². The molecule has 3 aromatic rings. The lowest BCUT2D eigenvalue weighted by molar-refractivity contribution is 0.102. The number of aryl methyl sites for hydroxylation is 1. The SMILES string of the molecule is COc1cc(/C=C2/CCc3ccccc3C2=O)ccc1COc1c(Cl)cc(Cl)cc1Cl. The molecule has 3 nitrogen and oxygen atoms in total. The van der Waals surface area contributed by atoms with E-state index in [2.05, 4.69) is 0 Å². The van der Waals surface area contributed by atoms with Crippen LogP contribution in [0.1, 0.15) is 33.5 Å². The average Bonchev–Trinajstić information content (AvgIpc) is 2.75. The number of Topliss-reactive ketones (excluding diaryl/α,β-unsaturated/α-hetero) is 1. The predicted molar refractivity (Wildman–Crippen MR) is 126 cm³/mol. The molecule has 0 saturated heterocycles. The summed E-state index contributed by atoms with van der Waals surface area (Å²) in [7, 11) is 1.60. The second kappa shape index (κ2) is 9.35. The Labute approximate surface area is 196 Å². The molecule has 158 valence electrons. The van der Waals surface area contributed by atoms with Gasteiger partial charge in [0.05, 0.1) is 17.2 Å². The quantitative estimate of drug-likeness (QED) is 0.361. The zero-order valence-electron chi connectivity index (χ0n) is 16.8. The number of rotatable bonds is 5. The highest BCUT2D eigenvalue weighted by molar-refractivity contribution is 6.40. The van der Waals surface area contributed by atoms with Crippen LogP contribution < -0.4 is 9.47 Å². The summed E-state index contributed by atoms with van der Waals surface area (Å²) in [6, 6.07) is 16.7. The van der Waals surface area contributed by atoms with Crippen molar-refractivity contribution in [3.63, 3.8) is 0 Å². The number of carbonyl (C=O) groups is 1. The molecule has 0 spiro atoms. The second-order valence-electron chi connectivity index (χ2n) is 7.21. The number of ketones is 1. The second-order valence-corrected chi connectivity index (χ2v) is 8.47. The molecule has 1 aliphatic carbocycles. The first-order valence-electron chi connectivity index (χ1n) is 9.73. The van der Waals surface area contributed by atoms with E-state index in [0.717, 1.165) is 40.7 Å². The summed E-state index contributed by atoms with van der Waals surface area (Å²) in [6.45, 7) is 0.216. The Morgan fingerprint density at radius 3 is 2.45 bits per heavy atom. The van der Waals surface area contributed by atoms with Gasteiger partial charge in [0.25, 0.3) is 0 Å². The summed E-state index contributed by atoms with van der Waals surface area (Å²) in [5.41, 5.74) is 4.41. The van der Waals surface area contributed by atoms with Gasteiger partial charge in [0.2, 0.25) is 0 Å². The van der Waals surface area contributed by atoms with Crippen molar-refractivity contribution >= 4 is 46.7 Å². The Balaban J connectivity index is 1.55. The van der Waals surface area contributed by atoms with Crippen molar-refractivity contribution in [3.05, 3.63) is 97.5 Å². The summed E-state index contributed by atoms with van der Waals surface area (Å²) in [5.74, 6) is 1.10. The lowest BCUT2D eigenvalue weighted by Gasteiger charge is -2.17. The smallest absolute Gasteiger partial charge is 0.189 e. The minimum Gasteiger partial charge on any atom is -0.496 e. The monoisotopic (exact) mass is 472 g/mol. The van der Waals surface area contributed by atoms with E-state index in [4.69, 9.17) is 44.3 Å². The zero-order chi connectivity index (χ0) is 22.0. The molecule has 1 aliphatic rings. The van der Waals surface area contributed by atoms with Crippen molar-refractivity contribution < 1.29 is 14.3 Å². The fourth-order valence-corrected chi connectivity index (χ4v) is 4.57. The first-order valence-corrected chi connectivity index (χ1v) is 10.9. The van der Waals surface area contributed by atoms with E-state index in [0.29, 0.717) is 26.6 Å². The molecule has 4 rings (SSSR count). The Kier molecular flexibility index (Phi) is 6.57. The van der Waals surface area contributed by atoms with Gasteiger partial charge in [-0.1, -0.05) is 71.2 Å². The lowest BCUT2D eigenvalue weighted by Crippen LogP contribution is -2.13. The number of fused-ring (bicyclic) bond motifs is 1. The van der Waals surface area contributed by atoms with Crippen molar-refractivity contribution in [1.82, 2.24) is 0 Å². The first-order chi connectivity index (χ1) is 15.0. The molecule has 0 radical (unpaired) electrons. The van der Waals surface area contributed by atoms with Crippen LogP contribution in [0.4, 0.5) is 0 Å². The number of methoxy groups -OCH3 is 1. The highest BCUT2D eigenvalue weighted by Gasteiger charge is 2.21. The molecular formula is C25H19Cl3O3. The van der Waals surface area contributed by atoms with Crippen LogP contribution in [-0.4, -0.2) is 12.9 Å².